The Morgan fingerprint density at radius 1 is 1.00 bits per heavy atom. The van der Waals surface area contributed by atoms with Crippen molar-refractivity contribution in [3.63, 3.8) is 0 Å². The van der Waals surface area contributed by atoms with Crippen LogP contribution in [0, 0.1) is 20.8 Å². The van der Waals surface area contributed by atoms with E-state index in [4.69, 9.17) is 5.14 Å². The van der Waals surface area contributed by atoms with E-state index in [-0.39, 0.29) is 10.8 Å². The topological polar surface area (TPSA) is 102 Å². The molecule has 0 aliphatic carbocycles. The number of carbonyl (C=O) groups excluding carboxylic acids is 1. The highest BCUT2D eigenvalue weighted by atomic mass is 32.2. The molecule has 0 radical (unpaired) electrons. The highest BCUT2D eigenvalue weighted by Gasteiger charge is 2.16. The van der Waals surface area contributed by atoms with E-state index in [1.165, 1.54) is 12.1 Å². The van der Waals surface area contributed by atoms with Crippen LogP contribution >= 0.6 is 0 Å². The number of benzene rings is 2. The summed E-state index contributed by atoms with van der Waals surface area (Å²) in [6, 6.07) is 16.0. The van der Waals surface area contributed by atoms with Gasteiger partial charge >= 0.3 is 0 Å². The summed E-state index contributed by atoms with van der Waals surface area (Å²) in [6.45, 7) is 5.34. The third kappa shape index (κ3) is 4.11. The maximum atomic E-state index is 12.8. The van der Waals surface area contributed by atoms with Crippen molar-refractivity contribution in [3.8, 4) is 11.3 Å². The number of aryl methyl sites for hydroxylation is 2. The molecule has 1 aromatic heterocycles. The van der Waals surface area contributed by atoms with E-state index in [1.54, 1.807) is 26.0 Å². The first-order chi connectivity index (χ1) is 13.2. The second-order valence-electron chi connectivity index (χ2n) is 6.61. The molecule has 144 valence electrons. The Morgan fingerprint density at radius 3 is 2.29 bits per heavy atom. The molecule has 7 heteroatoms. The summed E-state index contributed by atoms with van der Waals surface area (Å²) in [5, 5.41) is 8.01. The zero-order valence-electron chi connectivity index (χ0n) is 15.9. The monoisotopic (exact) mass is 395 g/mol. The zero-order chi connectivity index (χ0) is 20.5. The number of carbonyl (C=O) groups is 1. The average Bonchev–Trinajstić information content (AvgIpc) is 2.65. The van der Waals surface area contributed by atoms with Gasteiger partial charge in [-0.05, 0) is 56.2 Å². The van der Waals surface area contributed by atoms with Gasteiger partial charge in [-0.1, -0.05) is 30.3 Å². The summed E-state index contributed by atoms with van der Waals surface area (Å²) in [4.78, 5) is 17.3. The summed E-state index contributed by atoms with van der Waals surface area (Å²) in [7, 11) is -3.87. The van der Waals surface area contributed by atoms with E-state index < -0.39 is 10.0 Å². The van der Waals surface area contributed by atoms with Gasteiger partial charge in [-0.3, -0.25) is 9.78 Å². The molecule has 1 heterocycles. The van der Waals surface area contributed by atoms with Gasteiger partial charge in [0.25, 0.3) is 5.91 Å². The Balaban J connectivity index is 1.93. The second-order valence-corrected chi connectivity index (χ2v) is 8.17. The van der Waals surface area contributed by atoms with Crippen LogP contribution in [0.1, 0.15) is 27.2 Å². The van der Waals surface area contributed by atoms with Gasteiger partial charge in [-0.25, -0.2) is 13.6 Å². The molecule has 0 atom stereocenters. The first kappa shape index (κ1) is 19.7. The van der Waals surface area contributed by atoms with E-state index in [2.05, 4.69) is 10.3 Å². The number of anilines is 1. The molecule has 1 amide bonds. The third-order valence-electron chi connectivity index (χ3n) is 4.62. The number of amides is 1. The summed E-state index contributed by atoms with van der Waals surface area (Å²) < 4.78 is 23.4. The van der Waals surface area contributed by atoms with Gasteiger partial charge in [-0.15, -0.1) is 0 Å². The van der Waals surface area contributed by atoms with Crippen LogP contribution in [-0.2, 0) is 10.0 Å². The van der Waals surface area contributed by atoms with Gasteiger partial charge in [0.1, 0.15) is 0 Å². The lowest BCUT2D eigenvalue weighted by atomic mass is 10.1. The molecule has 6 nitrogen and oxygen atoms in total. The average molecular weight is 395 g/mol. The minimum Gasteiger partial charge on any atom is -0.322 e. The lowest BCUT2D eigenvalue weighted by molar-refractivity contribution is 0.102. The predicted molar refractivity (Wildman–Crippen MR) is 110 cm³/mol. The molecule has 0 spiro atoms. The number of nitrogens with zero attached hydrogens (tertiary/aromatic N) is 1. The molecule has 0 saturated heterocycles. The summed E-state index contributed by atoms with van der Waals surface area (Å²) in [6.07, 6.45) is 0. The van der Waals surface area contributed by atoms with Crippen LogP contribution in [-0.4, -0.2) is 19.3 Å². The molecule has 3 aromatic rings. The molecular formula is C21H21N3O3S. The molecule has 28 heavy (non-hydrogen) atoms. The van der Waals surface area contributed by atoms with Crippen LogP contribution in [0.3, 0.4) is 0 Å². The molecule has 0 unspecified atom stereocenters. The van der Waals surface area contributed by atoms with Crippen LogP contribution in [0.5, 0.6) is 0 Å². The number of rotatable bonds is 4. The molecule has 2 aromatic carbocycles. The van der Waals surface area contributed by atoms with Crippen molar-refractivity contribution in [2.45, 2.75) is 25.7 Å². The molecule has 0 aliphatic heterocycles. The number of pyridine rings is 1. The fourth-order valence-electron chi connectivity index (χ4n) is 2.88. The molecule has 0 fully saturated rings. The maximum absolute atomic E-state index is 12.8. The van der Waals surface area contributed by atoms with Crippen molar-refractivity contribution >= 4 is 21.6 Å². The number of sulfonamides is 1. The Kier molecular flexibility index (Phi) is 5.31. The zero-order valence-corrected chi connectivity index (χ0v) is 16.7. The van der Waals surface area contributed by atoms with Gasteiger partial charge in [0.2, 0.25) is 10.0 Å². The van der Waals surface area contributed by atoms with E-state index in [0.717, 1.165) is 22.4 Å². The lowest BCUT2D eigenvalue weighted by Gasteiger charge is -2.14. The molecule has 0 aliphatic rings. The van der Waals surface area contributed by atoms with Crippen LogP contribution in [0.25, 0.3) is 11.3 Å². The van der Waals surface area contributed by atoms with Gasteiger partial charge in [0.05, 0.1) is 21.8 Å². The Morgan fingerprint density at radius 2 is 1.68 bits per heavy atom. The SMILES string of the molecule is Cc1cc(S(N)(=O)=O)cc(NC(=O)c2ccc(-c3ccccc3)nc2C)c1C. The summed E-state index contributed by atoms with van der Waals surface area (Å²) in [5.74, 6) is -0.362. The maximum Gasteiger partial charge on any atom is 0.257 e. The van der Waals surface area contributed by atoms with E-state index in [9.17, 15) is 13.2 Å². The van der Waals surface area contributed by atoms with E-state index in [1.807, 2.05) is 37.3 Å². The standard InChI is InChI=1S/C21H21N3O3S/c1-13-11-17(28(22,26)27)12-20(14(13)2)24-21(25)18-9-10-19(23-15(18)3)16-7-5-4-6-8-16/h4-12H,1-3H3,(H,24,25)(H2,22,26,27). The minimum atomic E-state index is -3.87. The number of hydrogen-bond acceptors (Lipinski definition) is 4. The molecule has 3 N–H and O–H groups in total. The highest BCUT2D eigenvalue weighted by Crippen LogP contribution is 2.25. The first-order valence-electron chi connectivity index (χ1n) is 8.65. The Hall–Kier alpha value is -3.03. The first-order valence-corrected chi connectivity index (χ1v) is 10.2. The van der Waals surface area contributed by atoms with Crippen molar-refractivity contribution in [2.75, 3.05) is 5.32 Å². The summed E-state index contributed by atoms with van der Waals surface area (Å²) >= 11 is 0. The van der Waals surface area contributed by atoms with Crippen LogP contribution in [0.15, 0.2) is 59.5 Å². The van der Waals surface area contributed by atoms with Gasteiger partial charge in [-0.2, -0.15) is 0 Å². The van der Waals surface area contributed by atoms with Crippen molar-refractivity contribution in [2.24, 2.45) is 5.14 Å². The van der Waals surface area contributed by atoms with Crippen molar-refractivity contribution in [1.82, 2.24) is 4.98 Å². The fraction of sp³-hybridized carbons (Fsp3) is 0.143. The van der Waals surface area contributed by atoms with Gasteiger partial charge in [0, 0.05) is 11.3 Å². The largest absolute Gasteiger partial charge is 0.322 e. The van der Waals surface area contributed by atoms with Crippen molar-refractivity contribution in [3.05, 3.63) is 77.0 Å². The quantitative estimate of drug-likeness (QED) is 0.705. The third-order valence-corrected chi connectivity index (χ3v) is 5.51. The Bertz CT molecular complexity index is 1160. The lowest BCUT2D eigenvalue weighted by Crippen LogP contribution is -2.17. The van der Waals surface area contributed by atoms with E-state index >= 15 is 0 Å². The number of nitrogens with one attached hydrogen (secondary N) is 1. The summed E-state index contributed by atoms with van der Waals surface area (Å²) in [5.41, 5.74) is 4.63. The number of nitrogens with two attached hydrogens (primary N) is 1. The minimum absolute atomic E-state index is 0.0415. The van der Waals surface area contributed by atoms with Crippen LogP contribution in [0.2, 0.25) is 0 Å². The highest BCUT2D eigenvalue weighted by molar-refractivity contribution is 7.89. The fourth-order valence-corrected chi connectivity index (χ4v) is 3.50. The molecule has 0 bridgehead atoms. The van der Waals surface area contributed by atoms with Crippen LogP contribution in [0.4, 0.5) is 5.69 Å². The van der Waals surface area contributed by atoms with Gasteiger partial charge < -0.3 is 5.32 Å². The Labute approximate surface area is 164 Å². The normalized spacial score (nSPS) is 11.3. The number of primary sulfonamides is 1. The number of hydrogen-bond donors (Lipinski definition) is 2. The number of aromatic nitrogens is 1. The smallest absolute Gasteiger partial charge is 0.257 e. The second kappa shape index (κ2) is 7.53. The predicted octanol–water partition coefficient (Wildman–Crippen LogP) is 3.57. The molecule has 0 saturated carbocycles. The molecular weight excluding hydrogens is 374 g/mol. The van der Waals surface area contributed by atoms with E-state index in [0.29, 0.717) is 16.9 Å². The van der Waals surface area contributed by atoms with Crippen LogP contribution < -0.4 is 10.5 Å². The van der Waals surface area contributed by atoms with Gasteiger partial charge in [0.15, 0.2) is 0 Å². The van der Waals surface area contributed by atoms with Crippen molar-refractivity contribution in [1.29, 1.82) is 0 Å². The van der Waals surface area contributed by atoms with Crippen molar-refractivity contribution < 1.29 is 13.2 Å². The molecule has 3 rings (SSSR count).